The summed E-state index contributed by atoms with van der Waals surface area (Å²) in [6, 6.07) is 0. The predicted octanol–water partition coefficient (Wildman–Crippen LogP) is 2.35. The first-order chi connectivity index (χ1) is 7.24. The molecule has 0 amide bonds. The second-order valence-electron chi connectivity index (χ2n) is 4.34. The van der Waals surface area contributed by atoms with Gasteiger partial charge in [-0.3, -0.25) is 4.79 Å². The molecule has 0 aromatic heterocycles. The van der Waals surface area contributed by atoms with Gasteiger partial charge in [0.2, 0.25) is 0 Å². The number of hydrogen-bond donors (Lipinski definition) is 1. The van der Waals surface area contributed by atoms with E-state index in [1.54, 1.807) is 6.08 Å². The summed E-state index contributed by atoms with van der Waals surface area (Å²) in [6.45, 7) is 0. The minimum absolute atomic E-state index is 0.0858. The van der Waals surface area contributed by atoms with Crippen LogP contribution < -0.4 is 5.32 Å². The lowest BCUT2D eigenvalue weighted by Gasteiger charge is -2.18. The minimum Gasteiger partial charge on any atom is -0.362 e. The van der Waals surface area contributed by atoms with Crippen molar-refractivity contribution in [2.24, 2.45) is 5.92 Å². The van der Waals surface area contributed by atoms with Gasteiger partial charge in [0, 0.05) is 36.6 Å². The lowest BCUT2D eigenvalue weighted by molar-refractivity contribution is -0.118. The second kappa shape index (κ2) is 3.05. The minimum atomic E-state index is -0.0858. The Morgan fingerprint density at radius 1 is 1.33 bits per heavy atom. The Balaban J connectivity index is 1.95. The van der Waals surface area contributed by atoms with Crippen LogP contribution in [0.1, 0.15) is 25.7 Å². The second-order valence-corrected chi connectivity index (χ2v) is 4.34. The molecule has 15 heavy (non-hydrogen) atoms. The van der Waals surface area contributed by atoms with Crippen LogP contribution in [-0.2, 0) is 4.79 Å². The summed E-state index contributed by atoms with van der Waals surface area (Å²) in [5, 5.41) is 3.31. The molecule has 3 aliphatic rings. The van der Waals surface area contributed by atoms with Gasteiger partial charge in [0.25, 0.3) is 0 Å². The number of ketones is 1. The van der Waals surface area contributed by atoms with Crippen molar-refractivity contribution >= 4 is 5.78 Å². The Kier molecular flexibility index (Phi) is 1.81. The molecule has 1 unspecified atom stereocenters. The standard InChI is InChI=1S/C12H12FNO/c13-7-1-3-11-9(5-7)10-6-8(15)2-4-12(10)14-11/h1,3,9,14H,2,4-6H2. The first-order valence-corrected chi connectivity index (χ1v) is 5.31. The van der Waals surface area contributed by atoms with Gasteiger partial charge in [0.1, 0.15) is 11.6 Å². The summed E-state index contributed by atoms with van der Waals surface area (Å²) < 4.78 is 13.2. The molecule has 0 aromatic carbocycles. The van der Waals surface area contributed by atoms with Crippen LogP contribution in [0.2, 0.25) is 0 Å². The quantitative estimate of drug-likeness (QED) is 0.657. The molecular formula is C12H12FNO. The number of Topliss-reactive ketones (excluding diaryl/α,β-unsaturated/α-hetero) is 1. The smallest absolute Gasteiger partial charge is 0.137 e. The van der Waals surface area contributed by atoms with Crippen molar-refractivity contribution in [3.8, 4) is 0 Å². The number of allylic oxidation sites excluding steroid dienone is 5. The zero-order valence-electron chi connectivity index (χ0n) is 8.35. The summed E-state index contributed by atoms with van der Waals surface area (Å²) in [6.07, 6.45) is 5.67. The molecule has 0 fully saturated rings. The zero-order chi connectivity index (χ0) is 10.4. The number of rotatable bonds is 0. The largest absolute Gasteiger partial charge is 0.362 e. The summed E-state index contributed by atoms with van der Waals surface area (Å²) in [4.78, 5) is 11.4. The number of carbonyl (C=O) groups is 1. The summed E-state index contributed by atoms with van der Waals surface area (Å²) in [7, 11) is 0. The monoisotopic (exact) mass is 205 g/mol. The van der Waals surface area contributed by atoms with Gasteiger partial charge in [-0.15, -0.1) is 0 Å². The van der Waals surface area contributed by atoms with Crippen LogP contribution in [0.5, 0.6) is 0 Å². The van der Waals surface area contributed by atoms with Crippen molar-refractivity contribution in [3.05, 3.63) is 34.9 Å². The summed E-state index contributed by atoms with van der Waals surface area (Å²) in [5.41, 5.74) is 3.35. The van der Waals surface area contributed by atoms with E-state index in [1.807, 2.05) is 0 Å². The number of nitrogens with one attached hydrogen (secondary N) is 1. The van der Waals surface area contributed by atoms with E-state index in [4.69, 9.17) is 0 Å². The number of halogens is 1. The highest BCUT2D eigenvalue weighted by Crippen LogP contribution is 2.41. The third-order valence-electron chi connectivity index (χ3n) is 3.36. The average molecular weight is 205 g/mol. The molecule has 3 rings (SSSR count). The van der Waals surface area contributed by atoms with Gasteiger partial charge in [0.05, 0.1) is 0 Å². The van der Waals surface area contributed by atoms with E-state index >= 15 is 0 Å². The molecule has 0 bridgehead atoms. The average Bonchev–Trinajstić information content (AvgIpc) is 2.56. The molecule has 0 saturated carbocycles. The van der Waals surface area contributed by atoms with E-state index in [9.17, 15) is 9.18 Å². The highest BCUT2D eigenvalue weighted by atomic mass is 19.1. The first kappa shape index (κ1) is 8.89. The molecular weight excluding hydrogens is 193 g/mol. The molecule has 2 nitrogen and oxygen atoms in total. The highest BCUT2D eigenvalue weighted by Gasteiger charge is 2.35. The van der Waals surface area contributed by atoms with Gasteiger partial charge >= 0.3 is 0 Å². The molecule has 1 N–H and O–H groups in total. The van der Waals surface area contributed by atoms with Gasteiger partial charge < -0.3 is 5.32 Å². The summed E-state index contributed by atoms with van der Waals surface area (Å²) in [5.74, 6) is 0.304. The summed E-state index contributed by atoms with van der Waals surface area (Å²) >= 11 is 0. The normalized spacial score (nSPS) is 29.1. The Hall–Kier alpha value is -1.38. The third-order valence-corrected chi connectivity index (χ3v) is 3.36. The van der Waals surface area contributed by atoms with Gasteiger partial charge in [-0.05, 0) is 24.1 Å². The molecule has 1 heterocycles. The SMILES string of the molecule is O=C1CCC2=C(C1)C1CC(F)=CC=C1N2. The van der Waals surface area contributed by atoms with Gasteiger partial charge in [-0.2, -0.15) is 0 Å². The number of hydrogen-bond acceptors (Lipinski definition) is 2. The van der Waals surface area contributed by atoms with E-state index in [0.717, 1.165) is 23.4 Å². The van der Waals surface area contributed by atoms with Crippen LogP contribution in [0.3, 0.4) is 0 Å². The maximum Gasteiger partial charge on any atom is 0.137 e. The van der Waals surface area contributed by atoms with Crippen LogP contribution in [0.4, 0.5) is 4.39 Å². The van der Waals surface area contributed by atoms with E-state index in [-0.39, 0.29) is 17.5 Å². The van der Waals surface area contributed by atoms with Crippen LogP contribution in [0.15, 0.2) is 34.9 Å². The predicted molar refractivity (Wildman–Crippen MR) is 54.4 cm³/mol. The van der Waals surface area contributed by atoms with Gasteiger partial charge in [0.15, 0.2) is 0 Å². The molecule has 1 atom stereocenters. The van der Waals surface area contributed by atoms with E-state index in [1.165, 1.54) is 6.08 Å². The fraction of sp³-hybridized carbons (Fsp3) is 0.417. The van der Waals surface area contributed by atoms with Crippen molar-refractivity contribution in [3.63, 3.8) is 0 Å². The van der Waals surface area contributed by atoms with Gasteiger partial charge in [-0.25, -0.2) is 4.39 Å². The maximum atomic E-state index is 13.2. The fourth-order valence-corrected chi connectivity index (χ4v) is 2.59. The fourth-order valence-electron chi connectivity index (χ4n) is 2.59. The Bertz CT molecular complexity index is 431. The van der Waals surface area contributed by atoms with Crippen LogP contribution >= 0.6 is 0 Å². The van der Waals surface area contributed by atoms with Crippen molar-refractivity contribution in [1.82, 2.24) is 5.32 Å². The molecule has 0 aromatic rings. The van der Waals surface area contributed by atoms with Crippen molar-refractivity contribution in [2.75, 3.05) is 0 Å². The van der Waals surface area contributed by atoms with Crippen LogP contribution in [0.25, 0.3) is 0 Å². The van der Waals surface area contributed by atoms with E-state index in [2.05, 4.69) is 5.32 Å². The molecule has 0 radical (unpaired) electrons. The zero-order valence-corrected chi connectivity index (χ0v) is 8.35. The topological polar surface area (TPSA) is 29.1 Å². The molecule has 78 valence electrons. The molecule has 2 aliphatic carbocycles. The van der Waals surface area contributed by atoms with Crippen LogP contribution in [-0.4, -0.2) is 5.78 Å². The molecule has 3 heteroatoms. The first-order valence-electron chi connectivity index (χ1n) is 5.31. The molecule has 1 aliphatic heterocycles. The molecule has 0 saturated heterocycles. The Labute approximate surface area is 87.5 Å². The van der Waals surface area contributed by atoms with Crippen LogP contribution in [0, 0.1) is 5.92 Å². The van der Waals surface area contributed by atoms with E-state index in [0.29, 0.717) is 19.3 Å². The highest BCUT2D eigenvalue weighted by molar-refractivity contribution is 5.83. The van der Waals surface area contributed by atoms with Crippen molar-refractivity contribution in [2.45, 2.75) is 25.7 Å². The number of fused-ring (bicyclic) bond motifs is 2. The lowest BCUT2D eigenvalue weighted by atomic mass is 9.84. The van der Waals surface area contributed by atoms with Crippen molar-refractivity contribution in [1.29, 1.82) is 0 Å². The van der Waals surface area contributed by atoms with E-state index < -0.39 is 0 Å². The van der Waals surface area contributed by atoms with Crippen molar-refractivity contribution < 1.29 is 9.18 Å². The number of carbonyl (C=O) groups excluding carboxylic acids is 1. The molecule has 0 spiro atoms. The van der Waals surface area contributed by atoms with Gasteiger partial charge in [-0.1, -0.05) is 0 Å². The third kappa shape index (κ3) is 1.34. The Morgan fingerprint density at radius 2 is 2.20 bits per heavy atom. The maximum absolute atomic E-state index is 13.2. The lowest BCUT2D eigenvalue weighted by Crippen LogP contribution is -2.12. The Morgan fingerprint density at radius 3 is 3.07 bits per heavy atom.